The van der Waals surface area contributed by atoms with E-state index in [9.17, 15) is 14.9 Å². The minimum atomic E-state index is -2.36. The van der Waals surface area contributed by atoms with Crippen LogP contribution in [0.2, 0.25) is 18.1 Å². The van der Waals surface area contributed by atoms with Gasteiger partial charge in [-0.15, -0.1) is 0 Å². The first-order valence-corrected chi connectivity index (χ1v) is 12.1. The van der Waals surface area contributed by atoms with Gasteiger partial charge in [0.1, 0.15) is 11.8 Å². The topological polar surface area (TPSA) is 88.8 Å². The summed E-state index contributed by atoms with van der Waals surface area (Å²) in [6, 6.07) is 1.73. The van der Waals surface area contributed by atoms with Gasteiger partial charge in [-0.2, -0.15) is 0 Å². The van der Waals surface area contributed by atoms with E-state index in [1.807, 2.05) is 13.1 Å². The normalized spacial score (nSPS) is 28.8. The molecule has 3 rings (SSSR count). The van der Waals surface area contributed by atoms with Crippen LogP contribution in [-0.4, -0.2) is 35.2 Å². The molecule has 0 saturated carbocycles. The second-order valence-corrected chi connectivity index (χ2v) is 13.4. The monoisotopic (exact) mass is 376 g/mol. The van der Waals surface area contributed by atoms with Crippen LogP contribution < -0.4 is 0 Å². The van der Waals surface area contributed by atoms with Crippen LogP contribution in [0.5, 0.6) is 0 Å². The van der Waals surface area contributed by atoms with E-state index in [2.05, 4.69) is 31.8 Å². The largest absolute Gasteiger partial charge is 0.432 e. The number of allylic oxidation sites excluding steroid dienone is 1. The lowest BCUT2D eigenvalue weighted by atomic mass is 9.70. The molecule has 1 fully saturated rings. The summed E-state index contributed by atoms with van der Waals surface area (Å²) >= 11 is 0. The molecule has 26 heavy (non-hydrogen) atoms. The molecule has 0 unspecified atom stereocenters. The van der Waals surface area contributed by atoms with E-state index in [0.717, 1.165) is 25.0 Å². The van der Waals surface area contributed by atoms with E-state index >= 15 is 0 Å². The summed E-state index contributed by atoms with van der Waals surface area (Å²) in [4.78, 5) is 25.7. The van der Waals surface area contributed by atoms with Crippen LogP contribution in [0.3, 0.4) is 0 Å². The number of ether oxygens (including phenoxy) is 1. The number of rotatable bonds is 5. The van der Waals surface area contributed by atoms with Crippen molar-refractivity contribution in [3.8, 4) is 0 Å². The summed E-state index contributed by atoms with van der Waals surface area (Å²) < 4.78 is 5.93. The van der Waals surface area contributed by atoms with Gasteiger partial charge in [0.15, 0.2) is 8.32 Å². The van der Waals surface area contributed by atoms with Crippen LogP contribution in [0.15, 0.2) is 24.5 Å². The molecule has 7 heteroatoms. The molecule has 1 N–H and O–H groups in total. The maximum Gasteiger partial charge on any atom is 0.294 e. The standard InChI is InChI=1S/C19H28N2O4Si/c1-13-8-14(16-6-7-20-11-17(16)21(22)23)9-15(19(13)12-25-19)10-18(2,3)26(4,5)24/h6-7,9,11,13,15,24H,8,10,12H2,1-5H3/t13-,15-,19+/m0/s1. The van der Waals surface area contributed by atoms with Gasteiger partial charge in [-0.1, -0.05) is 26.8 Å². The Balaban J connectivity index is 2.01. The molecular weight excluding hydrogens is 348 g/mol. The maximum absolute atomic E-state index is 11.4. The van der Waals surface area contributed by atoms with Crippen molar-refractivity contribution in [1.29, 1.82) is 0 Å². The highest BCUT2D eigenvalue weighted by atomic mass is 28.4. The third-order valence-corrected chi connectivity index (χ3v) is 10.1. The Morgan fingerprint density at radius 2 is 2.15 bits per heavy atom. The van der Waals surface area contributed by atoms with Crippen molar-refractivity contribution in [2.24, 2.45) is 11.8 Å². The molecule has 1 aromatic heterocycles. The Labute approximate surface area is 155 Å². The Morgan fingerprint density at radius 3 is 2.69 bits per heavy atom. The highest BCUT2D eigenvalue weighted by Gasteiger charge is 2.58. The fourth-order valence-electron chi connectivity index (χ4n) is 3.94. The Hall–Kier alpha value is -1.57. The van der Waals surface area contributed by atoms with Gasteiger partial charge in [0.05, 0.1) is 17.1 Å². The predicted octanol–water partition coefficient (Wildman–Crippen LogP) is 4.17. The van der Waals surface area contributed by atoms with Crippen LogP contribution >= 0.6 is 0 Å². The highest BCUT2D eigenvalue weighted by Crippen LogP contribution is 2.56. The summed E-state index contributed by atoms with van der Waals surface area (Å²) in [6.45, 7) is 11.1. The lowest BCUT2D eigenvalue weighted by molar-refractivity contribution is -0.385. The zero-order valence-electron chi connectivity index (χ0n) is 16.2. The van der Waals surface area contributed by atoms with Crippen LogP contribution in [0, 0.1) is 22.0 Å². The van der Waals surface area contributed by atoms with Gasteiger partial charge in [0.25, 0.3) is 5.69 Å². The van der Waals surface area contributed by atoms with Crippen molar-refractivity contribution in [2.75, 3.05) is 6.61 Å². The fraction of sp³-hybridized carbons (Fsp3) is 0.632. The summed E-state index contributed by atoms with van der Waals surface area (Å²) in [5.41, 5.74) is 1.51. The Morgan fingerprint density at radius 1 is 1.50 bits per heavy atom. The van der Waals surface area contributed by atoms with E-state index in [1.165, 1.54) is 6.20 Å². The van der Waals surface area contributed by atoms with E-state index in [1.54, 1.807) is 12.3 Å². The number of nitro groups is 1. The third kappa shape index (κ3) is 3.23. The first-order valence-electron chi connectivity index (χ1n) is 9.14. The SMILES string of the molecule is C[C@H]1CC(c2ccncc2[N+](=O)[O-])=C[C@@H](CC(C)(C)[Si](C)(C)O)[C@@]12CO2. The quantitative estimate of drug-likeness (QED) is 0.361. The summed E-state index contributed by atoms with van der Waals surface area (Å²) in [6.07, 6.45) is 6.66. The minimum Gasteiger partial charge on any atom is -0.432 e. The second kappa shape index (κ2) is 6.25. The van der Waals surface area contributed by atoms with E-state index in [0.29, 0.717) is 5.56 Å². The smallest absolute Gasteiger partial charge is 0.294 e. The fourth-order valence-corrected chi connectivity index (χ4v) is 4.66. The van der Waals surface area contributed by atoms with Gasteiger partial charge in [0.2, 0.25) is 0 Å². The average molecular weight is 377 g/mol. The van der Waals surface area contributed by atoms with Crippen molar-refractivity contribution in [1.82, 2.24) is 4.98 Å². The minimum absolute atomic E-state index is 0.0495. The van der Waals surface area contributed by atoms with E-state index in [-0.39, 0.29) is 33.1 Å². The van der Waals surface area contributed by atoms with Gasteiger partial charge in [0, 0.05) is 12.1 Å². The molecule has 3 atom stereocenters. The van der Waals surface area contributed by atoms with Crippen LogP contribution in [0.4, 0.5) is 5.69 Å². The zero-order valence-corrected chi connectivity index (χ0v) is 17.2. The van der Waals surface area contributed by atoms with Gasteiger partial charge in [-0.3, -0.25) is 15.1 Å². The molecular formula is C19H28N2O4Si. The number of hydrogen-bond acceptors (Lipinski definition) is 5. The summed E-state index contributed by atoms with van der Waals surface area (Å²) in [5, 5.41) is 11.2. The van der Waals surface area contributed by atoms with Crippen molar-refractivity contribution >= 4 is 19.6 Å². The summed E-state index contributed by atoms with van der Waals surface area (Å²) in [7, 11) is -2.36. The van der Waals surface area contributed by atoms with Crippen LogP contribution in [0.1, 0.15) is 39.2 Å². The zero-order chi connectivity index (χ0) is 19.3. The van der Waals surface area contributed by atoms with Crippen molar-refractivity contribution in [2.45, 2.75) is 57.3 Å². The first-order chi connectivity index (χ1) is 12.0. The van der Waals surface area contributed by atoms with Gasteiger partial charge in [-0.25, -0.2) is 0 Å². The molecule has 1 saturated heterocycles. The molecule has 1 spiro atoms. The Bertz CT molecular complexity index is 750. The second-order valence-electron chi connectivity index (χ2n) is 8.94. The van der Waals surface area contributed by atoms with E-state index in [4.69, 9.17) is 4.74 Å². The first kappa shape index (κ1) is 19.2. The number of hydrogen-bond donors (Lipinski definition) is 1. The highest BCUT2D eigenvalue weighted by molar-refractivity contribution is 6.72. The average Bonchev–Trinajstić information content (AvgIpc) is 3.32. The predicted molar refractivity (Wildman–Crippen MR) is 103 cm³/mol. The molecule has 2 aliphatic rings. The van der Waals surface area contributed by atoms with Crippen molar-refractivity contribution in [3.63, 3.8) is 0 Å². The van der Waals surface area contributed by atoms with Crippen LogP contribution in [-0.2, 0) is 4.74 Å². The molecule has 0 amide bonds. The Kier molecular flexibility index (Phi) is 4.61. The number of pyridine rings is 1. The van der Waals surface area contributed by atoms with Crippen LogP contribution in [0.25, 0.3) is 5.57 Å². The molecule has 142 valence electrons. The van der Waals surface area contributed by atoms with Gasteiger partial charge < -0.3 is 9.53 Å². The molecule has 6 nitrogen and oxygen atoms in total. The molecule has 0 aromatic carbocycles. The lowest BCUT2D eigenvalue weighted by Gasteiger charge is -2.42. The molecule has 2 heterocycles. The lowest BCUT2D eigenvalue weighted by Crippen LogP contribution is -2.44. The molecule has 1 aromatic rings. The molecule has 0 radical (unpaired) electrons. The van der Waals surface area contributed by atoms with Crippen molar-refractivity contribution < 1.29 is 14.5 Å². The van der Waals surface area contributed by atoms with E-state index < -0.39 is 8.32 Å². The number of aromatic nitrogens is 1. The van der Waals surface area contributed by atoms with Gasteiger partial charge in [-0.05, 0) is 48.5 Å². The third-order valence-electron chi connectivity index (χ3n) is 6.60. The maximum atomic E-state index is 11.4. The summed E-state index contributed by atoms with van der Waals surface area (Å²) in [5.74, 6) is 0.419. The van der Waals surface area contributed by atoms with Gasteiger partial charge >= 0.3 is 0 Å². The van der Waals surface area contributed by atoms with Crippen molar-refractivity contribution in [3.05, 3.63) is 40.2 Å². The number of epoxide rings is 1. The molecule has 1 aliphatic heterocycles. The molecule has 1 aliphatic carbocycles. The number of nitrogens with zero attached hydrogens (tertiary/aromatic N) is 2. The molecule has 0 bridgehead atoms.